The SMILES string of the molecule is CC1(C)CN(C(=O)[C@H]2CC(=O)N(c3cccc(C#N)c3)C2)c2cc(F)c(CN3CCOCC3)cc21. The summed E-state index contributed by atoms with van der Waals surface area (Å²) in [6, 6.07) is 12.3. The Morgan fingerprint density at radius 2 is 2.00 bits per heavy atom. The highest BCUT2D eigenvalue weighted by Gasteiger charge is 2.44. The number of ether oxygens (including phenoxy) is 1. The molecular formula is C27H29FN4O3. The molecule has 0 unspecified atom stereocenters. The molecule has 2 fully saturated rings. The van der Waals surface area contributed by atoms with Crippen LogP contribution in [-0.4, -0.2) is 56.1 Å². The molecule has 0 N–H and O–H groups in total. The summed E-state index contributed by atoms with van der Waals surface area (Å²) in [6.45, 7) is 8.18. The smallest absolute Gasteiger partial charge is 0.232 e. The van der Waals surface area contributed by atoms with E-state index < -0.39 is 5.92 Å². The summed E-state index contributed by atoms with van der Waals surface area (Å²) in [7, 11) is 0. The van der Waals surface area contributed by atoms with E-state index in [-0.39, 0.29) is 36.0 Å². The summed E-state index contributed by atoms with van der Waals surface area (Å²) in [5.41, 5.74) is 2.93. The number of amides is 2. The molecule has 5 rings (SSSR count). The van der Waals surface area contributed by atoms with Crippen molar-refractivity contribution in [1.29, 1.82) is 5.26 Å². The summed E-state index contributed by atoms with van der Waals surface area (Å²) in [5.74, 6) is -1.15. The first-order valence-corrected chi connectivity index (χ1v) is 12.0. The van der Waals surface area contributed by atoms with Crippen molar-refractivity contribution in [3.63, 3.8) is 0 Å². The van der Waals surface area contributed by atoms with Crippen molar-refractivity contribution in [2.24, 2.45) is 5.92 Å². The topological polar surface area (TPSA) is 76.9 Å². The van der Waals surface area contributed by atoms with Crippen LogP contribution in [0.5, 0.6) is 0 Å². The van der Waals surface area contributed by atoms with Crippen molar-refractivity contribution >= 4 is 23.2 Å². The van der Waals surface area contributed by atoms with Crippen LogP contribution in [0.3, 0.4) is 0 Å². The molecular weight excluding hydrogens is 447 g/mol. The van der Waals surface area contributed by atoms with Gasteiger partial charge in [-0.2, -0.15) is 5.26 Å². The molecule has 0 spiro atoms. The zero-order chi connectivity index (χ0) is 24.7. The molecule has 0 saturated carbocycles. The number of nitrogens with zero attached hydrogens (tertiary/aromatic N) is 4. The molecule has 35 heavy (non-hydrogen) atoms. The molecule has 2 saturated heterocycles. The highest BCUT2D eigenvalue weighted by Crippen LogP contribution is 2.43. The van der Waals surface area contributed by atoms with Crippen LogP contribution in [0.1, 0.15) is 37.0 Å². The van der Waals surface area contributed by atoms with Gasteiger partial charge < -0.3 is 14.5 Å². The maximum absolute atomic E-state index is 15.2. The Bertz CT molecular complexity index is 1220. The normalized spacial score (nSPS) is 21.8. The maximum atomic E-state index is 15.2. The van der Waals surface area contributed by atoms with Crippen molar-refractivity contribution in [2.45, 2.75) is 32.2 Å². The van der Waals surface area contributed by atoms with Crippen LogP contribution < -0.4 is 9.80 Å². The molecule has 2 aromatic rings. The number of fused-ring (bicyclic) bond motifs is 1. The van der Waals surface area contributed by atoms with Crippen molar-refractivity contribution in [3.05, 3.63) is 58.9 Å². The lowest BCUT2D eigenvalue weighted by atomic mass is 9.86. The number of benzene rings is 2. The first-order chi connectivity index (χ1) is 16.8. The Morgan fingerprint density at radius 3 is 2.74 bits per heavy atom. The Hall–Kier alpha value is -3.28. The van der Waals surface area contributed by atoms with Crippen molar-refractivity contribution in [1.82, 2.24) is 4.90 Å². The molecule has 8 heteroatoms. The second-order valence-electron chi connectivity index (χ2n) is 10.2. The quantitative estimate of drug-likeness (QED) is 0.677. The third-order valence-corrected chi connectivity index (χ3v) is 7.26. The molecule has 2 aromatic carbocycles. The fourth-order valence-electron chi connectivity index (χ4n) is 5.34. The van der Waals surface area contributed by atoms with E-state index >= 15 is 4.39 Å². The number of anilines is 2. The largest absolute Gasteiger partial charge is 0.379 e. The lowest BCUT2D eigenvalue weighted by molar-refractivity contribution is -0.124. The minimum atomic E-state index is -0.522. The predicted molar refractivity (Wildman–Crippen MR) is 129 cm³/mol. The summed E-state index contributed by atoms with van der Waals surface area (Å²) >= 11 is 0. The lowest BCUT2D eigenvalue weighted by Gasteiger charge is -2.27. The number of morpholine rings is 1. The van der Waals surface area contributed by atoms with Gasteiger partial charge in [0.1, 0.15) is 5.82 Å². The van der Waals surface area contributed by atoms with E-state index in [2.05, 4.69) is 24.8 Å². The van der Waals surface area contributed by atoms with Crippen molar-refractivity contribution in [3.8, 4) is 6.07 Å². The molecule has 3 aliphatic heterocycles. The summed E-state index contributed by atoms with van der Waals surface area (Å²) in [6.07, 6.45) is 0.0967. The van der Waals surface area contributed by atoms with Crippen LogP contribution in [0.2, 0.25) is 0 Å². The number of hydrogen-bond donors (Lipinski definition) is 0. The van der Waals surface area contributed by atoms with Gasteiger partial charge in [-0.1, -0.05) is 19.9 Å². The van der Waals surface area contributed by atoms with Crippen molar-refractivity contribution < 1.29 is 18.7 Å². The van der Waals surface area contributed by atoms with E-state index in [4.69, 9.17) is 4.74 Å². The van der Waals surface area contributed by atoms with E-state index in [0.29, 0.717) is 48.8 Å². The monoisotopic (exact) mass is 476 g/mol. The van der Waals surface area contributed by atoms with Crippen LogP contribution in [0.4, 0.5) is 15.8 Å². The summed E-state index contributed by atoms with van der Waals surface area (Å²) in [5, 5.41) is 9.18. The van der Waals surface area contributed by atoms with Crippen LogP contribution in [0.25, 0.3) is 0 Å². The van der Waals surface area contributed by atoms with Crippen LogP contribution in [0, 0.1) is 23.1 Å². The number of nitriles is 1. The predicted octanol–water partition coefficient (Wildman–Crippen LogP) is 3.21. The molecule has 0 radical (unpaired) electrons. The minimum absolute atomic E-state index is 0.0967. The van der Waals surface area contributed by atoms with Gasteiger partial charge in [-0.3, -0.25) is 14.5 Å². The maximum Gasteiger partial charge on any atom is 0.232 e. The van der Waals surface area contributed by atoms with E-state index in [0.717, 1.165) is 18.7 Å². The zero-order valence-corrected chi connectivity index (χ0v) is 20.1. The fraction of sp³-hybridized carbons (Fsp3) is 0.444. The number of hydrogen-bond acceptors (Lipinski definition) is 5. The van der Waals surface area contributed by atoms with E-state index in [9.17, 15) is 14.9 Å². The standard InChI is InChI=1S/C27H29FN4O3/c1-27(2)17-32(24-13-23(28)19(11-22(24)27)15-30-6-8-35-9-7-30)26(34)20-12-25(33)31(16-20)21-5-3-4-18(10-21)14-29/h3-5,10-11,13,20H,6-9,12,15-17H2,1-2H3/t20-/m0/s1. The van der Waals surface area contributed by atoms with Gasteiger partial charge in [-0.05, 0) is 35.9 Å². The Morgan fingerprint density at radius 1 is 1.23 bits per heavy atom. The molecule has 7 nitrogen and oxygen atoms in total. The highest BCUT2D eigenvalue weighted by molar-refractivity contribution is 6.05. The van der Waals surface area contributed by atoms with Crippen LogP contribution >= 0.6 is 0 Å². The average Bonchev–Trinajstić information content (AvgIpc) is 3.36. The minimum Gasteiger partial charge on any atom is -0.379 e. The number of rotatable bonds is 4. The fourth-order valence-corrected chi connectivity index (χ4v) is 5.34. The van der Waals surface area contributed by atoms with E-state index in [1.54, 1.807) is 34.1 Å². The second kappa shape index (κ2) is 9.06. The first kappa shape index (κ1) is 23.5. The van der Waals surface area contributed by atoms with Gasteiger partial charge >= 0.3 is 0 Å². The Balaban J connectivity index is 1.37. The Labute approximate surface area is 204 Å². The zero-order valence-electron chi connectivity index (χ0n) is 20.1. The molecule has 2 amide bonds. The van der Waals surface area contributed by atoms with Gasteiger partial charge in [0.2, 0.25) is 11.8 Å². The lowest BCUT2D eigenvalue weighted by Crippen LogP contribution is -2.39. The van der Waals surface area contributed by atoms with Gasteiger partial charge in [0.15, 0.2) is 0 Å². The van der Waals surface area contributed by atoms with Crippen LogP contribution in [-0.2, 0) is 26.3 Å². The molecule has 0 aromatic heterocycles. The second-order valence-corrected chi connectivity index (χ2v) is 10.2. The molecule has 0 bridgehead atoms. The summed E-state index contributed by atoms with van der Waals surface area (Å²) in [4.78, 5) is 31.8. The summed E-state index contributed by atoms with van der Waals surface area (Å²) < 4.78 is 20.6. The van der Waals surface area contributed by atoms with Crippen LogP contribution in [0.15, 0.2) is 36.4 Å². The molecule has 182 valence electrons. The van der Waals surface area contributed by atoms with Gasteiger partial charge in [0, 0.05) is 55.8 Å². The average molecular weight is 477 g/mol. The highest BCUT2D eigenvalue weighted by atomic mass is 19.1. The number of carbonyl (C=O) groups is 2. The third-order valence-electron chi connectivity index (χ3n) is 7.26. The third kappa shape index (κ3) is 4.42. The molecule has 0 aliphatic carbocycles. The molecule has 3 heterocycles. The number of halogens is 1. The van der Waals surface area contributed by atoms with Gasteiger partial charge in [0.25, 0.3) is 0 Å². The molecule has 1 atom stereocenters. The van der Waals surface area contributed by atoms with Gasteiger partial charge in [-0.15, -0.1) is 0 Å². The number of carbonyl (C=O) groups excluding carboxylic acids is 2. The first-order valence-electron chi connectivity index (χ1n) is 12.0. The molecule has 3 aliphatic rings. The Kier molecular flexibility index (Phi) is 6.07. The van der Waals surface area contributed by atoms with Gasteiger partial charge in [-0.25, -0.2) is 4.39 Å². The van der Waals surface area contributed by atoms with Gasteiger partial charge in [0.05, 0.1) is 36.5 Å². The van der Waals surface area contributed by atoms with Crippen molar-refractivity contribution in [2.75, 3.05) is 49.2 Å². The van der Waals surface area contributed by atoms with E-state index in [1.807, 2.05) is 6.07 Å². The van der Waals surface area contributed by atoms with E-state index in [1.165, 1.54) is 6.07 Å².